The maximum atomic E-state index is 12.2. The zero-order valence-corrected chi connectivity index (χ0v) is 14.4. The molecule has 2 N–H and O–H groups in total. The predicted molar refractivity (Wildman–Crippen MR) is 90.2 cm³/mol. The van der Waals surface area contributed by atoms with Gasteiger partial charge in [0.05, 0.1) is 14.2 Å². The van der Waals surface area contributed by atoms with Gasteiger partial charge in [-0.05, 0) is 37.1 Å². The van der Waals surface area contributed by atoms with E-state index in [1.165, 1.54) is 16.9 Å². The lowest BCUT2D eigenvalue weighted by Gasteiger charge is -2.14. The summed E-state index contributed by atoms with van der Waals surface area (Å²) in [6, 6.07) is 6.20. The molecule has 25 heavy (non-hydrogen) atoms. The number of carbonyl (C=O) groups is 2. The Labute approximate surface area is 145 Å². The van der Waals surface area contributed by atoms with Gasteiger partial charge in [-0.2, -0.15) is 5.10 Å². The number of nitrogens with one attached hydrogen (secondary N) is 1. The maximum Gasteiger partial charge on any atom is 0.354 e. The third-order valence-electron chi connectivity index (χ3n) is 3.80. The number of aromatic carboxylic acids is 1. The molecule has 0 radical (unpaired) electrons. The first kappa shape index (κ1) is 18.3. The summed E-state index contributed by atoms with van der Waals surface area (Å²) in [4.78, 5) is 23.3. The fourth-order valence-electron chi connectivity index (χ4n) is 2.42. The van der Waals surface area contributed by atoms with Crippen molar-refractivity contribution < 1.29 is 24.2 Å². The predicted octanol–water partition coefficient (Wildman–Crippen LogP) is 1.52. The van der Waals surface area contributed by atoms with Crippen LogP contribution in [0, 0.1) is 0 Å². The minimum Gasteiger partial charge on any atom is -0.493 e. The van der Waals surface area contributed by atoms with Crippen LogP contribution in [0.25, 0.3) is 0 Å². The van der Waals surface area contributed by atoms with Crippen LogP contribution in [-0.4, -0.2) is 47.5 Å². The summed E-state index contributed by atoms with van der Waals surface area (Å²) in [6.07, 6.45) is 1.96. The number of hydrogen-bond donors (Lipinski definition) is 2. The number of amides is 1. The zero-order chi connectivity index (χ0) is 18.4. The van der Waals surface area contributed by atoms with Crippen molar-refractivity contribution in [2.45, 2.75) is 19.4 Å². The summed E-state index contributed by atoms with van der Waals surface area (Å²) in [7, 11) is 3.13. The molecule has 8 heteroatoms. The lowest BCUT2D eigenvalue weighted by molar-refractivity contribution is -0.124. The molecule has 0 bridgehead atoms. The average molecular weight is 347 g/mol. The molecule has 1 unspecified atom stereocenters. The van der Waals surface area contributed by atoms with Crippen LogP contribution in [0.15, 0.2) is 30.5 Å². The molecule has 0 aliphatic rings. The van der Waals surface area contributed by atoms with Crippen molar-refractivity contribution in [3.05, 3.63) is 41.7 Å². The van der Waals surface area contributed by atoms with E-state index >= 15 is 0 Å². The monoisotopic (exact) mass is 347 g/mol. The second-order valence-electron chi connectivity index (χ2n) is 5.37. The van der Waals surface area contributed by atoms with Crippen molar-refractivity contribution in [2.24, 2.45) is 0 Å². The highest BCUT2D eigenvalue weighted by Gasteiger charge is 2.20. The number of nitrogens with zero attached hydrogens (tertiary/aromatic N) is 2. The van der Waals surface area contributed by atoms with E-state index in [2.05, 4.69) is 10.4 Å². The Morgan fingerprint density at radius 1 is 1.24 bits per heavy atom. The van der Waals surface area contributed by atoms with Crippen LogP contribution in [0.3, 0.4) is 0 Å². The van der Waals surface area contributed by atoms with Crippen molar-refractivity contribution in [1.29, 1.82) is 0 Å². The Morgan fingerprint density at radius 2 is 1.96 bits per heavy atom. The van der Waals surface area contributed by atoms with E-state index in [1.54, 1.807) is 21.1 Å². The molecule has 1 aromatic carbocycles. The second-order valence-corrected chi connectivity index (χ2v) is 5.37. The van der Waals surface area contributed by atoms with Crippen LogP contribution in [-0.2, 0) is 11.2 Å². The molecule has 134 valence electrons. The van der Waals surface area contributed by atoms with Gasteiger partial charge in [0, 0.05) is 12.7 Å². The summed E-state index contributed by atoms with van der Waals surface area (Å²) in [5, 5.41) is 15.8. The first-order chi connectivity index (χ1) is 12.0. The molecular formula is C17H21N3O5. The summed E-state index contributed by atoms with van der Waals surface area (Å²) in [5.41, 5.74) is 0.957. The van der Waals surface area contributed by atoms with Crippen molar-refractivity contribution in [3.8, 4) is 11.5 Å². The van der Waals surface area contributed by atoms with Crippen molar-refractivity contribution in [3.63, 3.8) is 0 Å². The van der Waals surface area contributed by atoms with E-state index in [0.717, 1.165) is 5.56 Å². The van der Waals surface area contributed by atoms with Gasteiger partial charge in [0.2, 0.25) is 5.91 Å². The first-order valence-corrected chi connectivity index (χ1v) is 7.73. The summed E-state index contributed by atoms with van der Waals surface area (Å²) >= 11 is 0. The maximum absolute atomic E-state index is 12.2. The van der Waals surface area contributed by atoms with Crippen LogP contribution < -0.4 is 14.8 Å². The van der Waals surface area contributed by atoms with E-state index in [0.29, 0.717) is 24.5 Å². The van der Waals surface area contributed by atoms with Gasteiger partial charge in [-0.25, -0.2) is 9.48 Å². The van der Waals surface area contributed by atoms with Gasteiger partial charge in [-0.3, -0.25) is 4.79 Å². The van der Waals surface area contributed by atoms with Gasteiger partial charge < -0.3 is 19.9 Å². The highest BCUT2D eigenvalue weighted by Crippen LogP contribution is 2.27. The number of rotatable bonds is 8. The first-order valence-electron chi connectivity index (χ1n) is 7.73. The van der Waals surface area contributed by atoms with E-state index in [1.807, 2.05) is 18.2 Å². The smallest absolute Gasteiger partial charge is 0.354 e. The summed E-state index contributed by atoms with van der Waals surface area (Å²) < 4.78 is 11.6. The molecule has 8 nitrogen and oxygen atoms in total. The molecule has 0 saturated carbocycles. The van der Waals surface area contributed by atoms with Crippen LogP contribution in [0.1, 0.15) is 29.0 Å². The van der Waals surface area contributed by atoms with Crippen molar-refractivity contribution in [1.82, 2.24) is 15.1 Å². The van der Waals surface area contributed by atoms with Crippen LogP contribution in [0.2, 0.25) is 0 Å². The fourth-order valence-corrected chi connectivity index (χ4v) is 2.42. The summed E-state index contributed by atoms with van der Waals surface area (Å²) in [5.74, 6) is -0.153. The molecule has 0 aliphatic carbocycles. The van der Waals surface area contributed by atoms with Gasteiger partial charge in [0.15, 0.2) is 11.5 Å². The molecular weight excluding hydrogens is 326 g/mol. The number of benzene rings is 1. The highest BCUT2D eigenvalue weighted by molar-refractivity contribution is 5.87. The standard InChI is InChI=1S/C17H21N3O5/c1-11(20-13(17(22)23)7-9-19-20)16(21)18-8-6-12-4-5-14(24-2)15(10-12)25-3/h4-5,7,9-11H,6,8H2,1-3H3,(H,18,21)(H,22,23). The zero-order valence-electron chi connectivity index (χ0n) is 14.4. The van der Waals surface area contributed by atoms with Crippen LogP contribution in [0.5, 0.6) is 11.5 Å². The lowest BCUT2D eigenvalue weighted by Crippen LogP contribution is -2.34. The highest BCUT2D eigenvalue weighted by atomic mass is 16.5. The summed E-state index contributed by atoms with van der Waals surface area (Å²) in [6.45, 7) is 2.01. The van der Waals surface area contributed by atoms with Gasteiger partial charge in [-0.1, -0.05) is 6.07 Å². The lowest BCUT2D eigenvalue weighted by atomic mass is 10.1. The van der Waals surface area contributed by atoms with E-state index < -0.39 is 12.0 Å². The number of hydrogen-bond acceptors (Lipinski definition) is 5. The topological polar surface area (TPSA) is 103 Å². The van der Waals surface area contributed by atoms with Gasteiger partial charge >= 0.3 is 5.97 Å². The molecule has 0 saturated heterocycles. The molecule has 1 heterocycles. The number of carbonyl (C=O) groups excluding carboxylic acids is 1. The molecule has 0 aliphatic heterocycles. The third kappa shape index (κ3) is 4.28. The van der Waals surface area contributed by atoms with Gasteiger partial charge in [0.1, 0.15) is 11.7 Å². The minimum atomic E-state index is -1.12. The van der Waals surface area contributed by atoms with Crippen LogP contribution in [0.4, 0.5) is 0 Å². The number of carboxylic acids is 1. The number of ether oxygens (including phenoxy) is 2. The Morgan fingerprint density at radius 3 is 2.60 bits per heavy atom. The largest absolute Gasteiger partial charge is 0.493 e. The molecule has 1 amide bonds. The number of methoxy groups -OCH3 is 2. The van der Waals surface area contributed by atoms with Crippen molar-refractivity contribution >= 4 is 11.9 Å². The number of carboxylic acid groups (broad SMARTS) is 1. The quantitative estimate of drug-likeness (QED) is 0.750. The Hall–Kier alpha value is -3.03. The minimum absolute atomic E-state index is 0.0254. The van der Waals surface area contributed by atoms with E-state index in [4.69, 9.17) is 14.6 Å². The Balaban J connectivity index is 1.94. The van der Waals surface area contributed by atoms with Crippen LogP contribution >= 0.6 is 0 Å². The molecule has 1 atom stereocenters. The molecule has 0 spiro atoms. The number of aromatic nitrogens is 2. The van der Waals surface area contributed by atoms with E-state index in [-0.39, 0.29) is 11.6 Å². The molecule has 2 rings (SSSR count). The molecule has 2 aromatic rings. The second kappa shape index (κ2) is 8.18. The fraction of sp³-hybridized carbons (Fsp3) is 0.353. The van der Waals surface area contributed by atoms with E-state index in [9.17, 15) is 9.59 Å². The molecule has 0 fully saturated rings. The molecule has 1 aromatic heterocycles. The SMILES string of the molecule is COc1ccc(CCNC(=O)C(C)n2nccc2C(=O)O)cc1OC. The van der Waals surface area contributed by atoms with Gasteiger partial charge in [-0.15, -0.1) is 0 Å². The Bertz CT molecular complexity index is 756. The van der Waals surface area contributed by atoms with Crippen molar-refractivity contribution in [2.75, 3.05) is 20.8 Å². The normalized spacial score (nSPS) is 11.6. The average Bonchev–Trinajstić information content (AvgIpc) is 3.10. The van der Waals surface area contributed by atoms with Gasteiger partial charge in [0.25, 0.3) is 0 Å². The third-order valence-corrected chi connectivity index (χ3v) is 3.80. The Kier molecular flexibility index (Phi) is 5.99.